The molecule has 1 aromatic heterocycles. The van der Waals surface area contributed by atoms with Crippen molar-refractivity contribution in [1.29, 1.82) is 0 Å². The molecule has 3 aliphatic heterocycles. The average Bonchev–Trinajstić information content (AvgIpc) is 3.90. The van der Waals surface area contributed by atoms with E-state index in [9.17, 15) is 0 Å². The highest BCUT2D eigenvalue weighted by atomic mass is 16.3. The molecule has 300 valence electrons. The van der Waals surface area contributed by atoms with Gasteiger partial charge in [0.05, 0.1) is 11.1 Å². The number of benzene rings is 10. The summed E-state index contributed by atoms with van der Waals surface area (Å²) in [7, 11) is 0. The third-order valence-electron chi connectivity index (χ3n) is 14.8. The third kappa shape index (κ3) is 4.50. The summed E-state index contributed by atoms with van der Waals surface area (Å²) in [4.78, 5) is 5.25. The van der Waals surface area contributed by atoms with Crippen LogP contribution in [0.1, 0.15) is 22.3 Å². The van der Waals surface area contributed by atoms with Crippen LogP contribution in [0.25, 0.3) is 66.4 Å². The van der Waals surface area contributed by atoms with Gasteiger partial charge in [0.25, 0.3) is 0 Å². The number of hydrogen-bond acceptors (Lipinski definition) is 3. The summed E-state index contributed by atoms with van der Waals surface area (Å²) >= 11 is 0. The summed E-state index contributed by atoms with van der Waals surface area (Å²) in [6, 6.07) is 83.3. The summed E-state index contributed by atoms with van der Waals surface area (Å²) in [5, 5.41) is 2.25. The number of fused-ring (bicyclic) bond motifs is 17. The van der Waals surface area contributed by atoms with E-state index in [4.69, 9.17) is 4.42 Å². The molecule has 1 spiro atoms. The lowest BCUT2D eigenvalue weighted by atomic mass is 9.42. The number of rotatable bonds is 3. The number of anilines is 5. The van der Waals surface area contributed by atoms with E-state index in [1.165, 1.54) is 83.6 Å². The molecule has 0 atom stereocenters. The molecule has 0 N–H and O–H groups in total. The quantitative estimate of drug-likeness (QED) is 0.166. The Morgan fingerprint density at radius 1 is 0.400 bits per heavy atom. The predicted octanol–water partition coefficient (Wildman–Crippen LogP) is 14.3. The van der Waals surface area contributed by atoms with Gasteiger partial charge in [0.2, 0.25) is 0 Å². The monoisotopic (exact) mass is 824 g/mol. The maximum atomic E-state index is 7.08. The van der Waals surface area contributed by atoms with E-state index in [2.05, 4.69) is 234 Å². The molecule has 3 nitrogen and oxygen atoms in total. The van der Waals surface area contributed by atoms with Crippen molar-refractivity contribution in [2.24, 2.45) is 0 Å². The van der Waals surface area contributed by atoms with E-state index >= 15 is 0 Å². The van der Waals surface area contributed by atoms with Gasteiger partial charge in [0.15, 0.2) is 0 Å². The van der Waals surface area contributed by atoms with Crippen molar-refractivity contribution in [3.8, 4) is 44.5 Å². The molecule has 11 aromatic rings. The third-order valence-corrected chi connectivity index (χ3v) is 14.8. The Kier molecular flexibility index (Phi) is 6.96. The van der Waals surface area contributed by atoms with Crippen molar-refractivity contribution in [2.75, 3.05) is 9.71 Å². The maximum absolute atomic E-state index is 7.08. The number of para-hydroxylation sites is 3. The van der Waals surface area contributed by atoms with Crippen molar-refractivity contribution in [2.45, 2.75) is 5.41 Å². The number of furan rings is 1. The van der Waals surface area contributed by atoms with Crippen molar-refractivity contribution in [3.05, 3.63) is 247 Å². The summed E-state index contributed by atoms with van der Waals surface area (Å²) < 4.78 is 7.08. The second-order valence-corrected chi connectivity index (χ2v) is 17.9. The molecule has 0 fully saturated rings. The molecule has 10 aromatic carbocycles. The first-order valence-corrected chi connectivity index (χ1v) is 22.6. The van der Waals surface area contributed by atoms with E-state index in [1.54, 1.807) is 0 Å². The van der Waals surface area contributed by atoms with Crippen molar-refractivity contribution in [1.82, 2.24) is 0 Å². The molecule has 4 aliphatic rings. The second kappa shape index (κ2) is 12.9. The minimum atomic E-state index is -0.534. The van der Waals surface area contributed by atoms with Gasteiger partial charge in [-0.15, -0.1) is 0 Å². The topological polar surface area (TPSA) is 19.6 Å². The standard InChI is InChI=1S/C61H37BN2O/c1-3-16-38(17-4-1)40-30-33-42(34-31-40)64-54-36-41(39-18-5-2-6-19-39)32-35-46(54)57-58-55(37-47-45-22-9-14-29-56(45)65-60(47)57)63-53-28-13-12-25-50(53)61(51-26-15-27-52(59(51)63)62(58)64)48-23-10-7-20-43(48)44-21-8-11-24-49(44)61/h1-37H. The van der Waals surface area contributed by atoms with Crippen LogP contribution in [0.4, 0.5) is 28.4 Å². The Morgan fingerprint density at radius 2 is 1.00 bits per heavy atom. The van der Waals surface area contributed by atoms with Gasteiger partial charge in [-0.1, -0.05) is 188 Å². The predicted molar refractivity (Wildman–Crippen MR) is 269 cm³/mol. The zero-order valence-corrected chi connectivity index (χ0v) is 35.2. The number of nitrogens with zero attached hydrogens (tertiary/aromatic N) is 2. The Morgan fingerprint density at radius 3 is 1.75 bits per heavy atom. The lowest BCUT2D eigenvalue weighted by Crippen LogP contribution is -2.62. The zero-order valence-electron chi connectivity index (χ0n) is 35.2. The molecular weight excluding hydrogens is 787 g/mol. The van der Waals surface area contributed by atoms with Crippen LogP contribution in [-0.2, 0) is 5.41 Å². The van der Waals surface area contributed by atoms with E-state index in [0.717, 1.165) is 44.4 Å². The molecule has 0 bridgehead atoms. The fraction of sp³-hybridized carbons (Fsp3) is 0.0164. The molecule has 0 saturated carbocycles. The Hall–Kier alpha value is -8.34. The smallest absolute Gasteiger partial charge is 0.333 e. The van der Waals surface area contributed by atoms with Crippen LogP contribution in [0.15, 0.2) is 229 Å². The maximum Gasteiger partial charge on any atom is 0.333 e. The van der Waals surface area contributed by atoms with Gasteiger partial charge in [-0.2, -0.15) is 0 Å². The van der Waals surface area contributed by atoms with Crippen LogP contribution < -0.4 is 20.6 Å². The first-order valence-electron chi connectivity index (χ1n) is 22.6. The summed E-state index contributed by atoms with van der Waals surface area (Å²) in [5.41, 5.74) is 24.7. The van der Waals surface area contributed by atoms with Gasteiger partial charge >= 0.3 is 6.85 Å². The van der Waals surface area contributed by atoms with Gasteiger partial charge in [0.1, 0.15) is 11.2 Å². The van der Waals surface area contributed by atoms with E-state index in [0.29, 0.717) is 0 Å². The minimum absolute atomic E-state index is 0.195. The Bertz CT molecular complexity index is 3750. The van der Waals surface area contributed by atoms with Gasteiger partial charge < -0.3 is 14.1 Å². The fourth-order valence-corrected chi connectivity index (χ4v) is 12.3. The van der Waals surface area contributed by atoms with E-state index in [1.807, 2.05) is 0 Å². The average molecular weight is 825 g/mol. The first kappa shape index (κ1) is 35.2. The van der Waals surface area contributed by atoms with Crippen LogP contribution in [0, 0.1) is 0 Å². The zero-order chi connectivity index (χ0) is 42.4. The van der Waals surface area contributed by atoms with Gasteiger partial charge in [0, 0.05) is 44.6 Å². The molecule has 0 saturated heterocycles. The molecular formula is C61H37BN2O. The minimum Gasteiger partial charge on any atom is -0.455 e. The first-order chi connectivity index (χ1) is 32.3. The summed E-state index contributed by atoms with van der Waals surface area (Å²) in [5.74, 6) is 0. The summed E-state index contributed by atoms with van der Waals surface area (Å²) in [6.07, 6.45) is 0. The van der Waals surface area contributed by atoms with Gasteiger partial charge in [-0.05, 0) is 103 Å². The SMILES string of the molecule is c1ccc(-c2ccc(N3B4c5cccc6c5N(c5ccccc5C65c6ccccc6-c6ccccc65)c5cc6c(oc7ccccc76)c(c54)-c4ccc(-c5ccccc5)cc43)cc2)cc1. The van der Waals surface area contributed by atoms with Gasteiger partial charge in [-0.3, -0.25) is 0 Å². The molecule has 0 amide bonds. The molecule has 0 radical (unpaired) electrons. The number of hydrogen-bond donors (Lipinski definition) is 0. The van der Waals surface area contributed by atoms with E-state index < -0.39 is 5.41 Å². The van der Waals surface area contributed by atoms with Crippen LogP contribution in [0.2, 0.25) is 0 Å². The van der Waals surface area contributed by atoms with Crippen LogP contribution in [-0.4, -0.2) is 6.85 Å². The molecule has 65 heavy (non-hydrogen) atoms. The molecule has 0 unspecified atom stereocenters. The Labute approximate surface area is 377 Å². The fourth-order valence-electron chi connectivity index (χ4n) is 12.3. The molecule has 1 aliphatic carbocycles. The summed E-state index contributed by atoms with van der Waals surface area (Å²) in [6.45, 7) is -0.195. The van der Waals surface area contributed by atoms with Crippen LogP contribution in [0.5, 0.6) is 0 Å². The lowest BCUT2D eigenvalue weighted by Gasteiger charge is -2.51. The highest BCUT2D eigenvalue weighted by Crippen LogP contribution is 2.64. The molecule has 4 heterocycles. The van der Waals surface area contributed by atoms with Crippen molar-refractivity contribution in [3.63, 3.8) is 0 Å². The normalized spacial score (nSPS) is 14.2. The van der Waals surface area contributed by atoms with Crippen LogP contribution >= 0.6 is 0 Å². The van der Waals surface area contributed by atoms with E-state index in [-0.39, 0.29) is 6.85 Å². The highest BCUT2D eigenvalue weighted by Gasteiger charge is 2.56. The van der Waals surface area contributed by atoms with Crippen LogP contribution in [0.3, 0.4) is 0 Å². The largest absolute Gasteiger partial charge is 0.455 e. The lowest BCUT2D eigenvalue weighted by molar-refractivity contribution is 0.670. The second-order valence-electron chi connectivity index (χ2n) is 17.9. The molecule has 15 rings (SSSR count). The van der Waals surface area contributed by atoms with Gasteiger partial charge in [-0.25, -0.2) is 0 Å². The highest BCUT2D eigenvalue weighted by molar-refractivity contribution is 6.94. The Balaban J connectivity index is 1.10. The van der Waals surface area contributed by atoms with Crippen molar-refractivity contribution >= 4 is 68.1 Å². The van der Waals surface area contributed by atoms with Crippen molar-refractivity contribution < 1.29 is 4.42 Å². The molecule has 4 heteroatoms.